The third-order valence-corrected chi connectivity index (χ3v) is 4.91. The van der Waals surface area contributed by atoms with Crippen molar-refractivity contribution in [2.45, 2.75) is 32.4 Å². The molecule has 2 rings (SSSR count). The van der Waals surface area contributed by atoms with Crippen molar-refractivity contribution in [2.75, 3.05) is 6.54 Å². The van der Waals surface area contributed by atoms with Crippen LogP contribution in [-0.2, 0) is 21.5 Å². The topological polar surface area (TPSA) is 86.7 Å². The molecule has 0 fully saturated rings. The molecule has 1 aliphatic rings. The van der Waals surface area contributed by atoms with Gasteiger partial charge in [-0.3, -0.25) is 4.79 Å². The van der Waals surface area contributed by atoms with Crippen LogP contribution in [0.1, 0.15) is 30.9 Å². The number of hydrogen-bond donors (Lipinski definition) is 2. The second kappa shape index (κ2) is 5.51. The predicted molar refractivity (Wildman–Crippen MR) is 74.4 cm³/mol. The molecule has 0 saturated carbocycles. The lowest BCUT2D eigenvalue weighted by Gasteiger charge is -2.32. The summed E-state index contributed by atoms with van der Waals surface area (Å²) in [5.41, 5.74) is 1.43. The number of aliphatic carboxylic acids is 1. The van der Waals surface area contributed by atoms with Crippen molar-refractivity contribution in [3.63, 3.8) is 0 Å². The van der Waals surface area contributed by atoms with Gasteiger partial charge in [0.05, 0.1) is 5.92 Å². The number of carboxylic acids is 1. The summed E-state index contributed by atoms with van der Waals surface area (Å²) in [6, 6.07) is 6.83. The quantitative estimate of drug-likeness (QED) is 0.865. The van der Waals surface area contributed by atoms with Gasteiger partial charge in [-0.25, -0.2) is 0 Å². The molecule has 1 heterocycles. The fourth-order valence-electron chi connectivity index (χ4n) is 2.34. The van der Waals surface area contributed by atoms with Gasteiger partial charge in [0, 0.05) is 19.1 Å². The highest BCUT2D eigenvalue weighted by molar-refractivity contribution is 7.87. The Morgan fingerprint density at radius 3 is 2.65 bits per heavy atom. The van der Waals surface area contributed by atoms with Gasteiger partial charge in [-0.15, -0.1) is 0 Å². The first-order chi connectivity index (χ1) is 9.31. The van der Waals surface area contributed by atoms with E-state index in [1.807, 2.05) is 0 Å². The van der Waals surface area contributed by atoms with Gasteiger partial charge >= 0.3 is 5.97 Å². The molecule has 1 atom stereocenters. The maximum absolute atomic E-state index is 12.2. The van der Waals surface area contributed by atoms with Crippen molar-refractivity contribution >= 4 is 16.2 Å². The highest BCUT2D eigenvalue weighted by atomic mass is 32.2. The van der Waals surface area contributed by atoms with Gasteiger partial charge in [-0.1, -0.05) is 24.3 Å². The van der Waals surface area contributed by atoms with Crippen LogP contribution in [0.2, 0.25) is 0 Å². The molecule has 0 bridgehead atoms. The second-order valence-corrected chi connectivity index (χ2v) is 6.86. The highest BCUT2D eigenvalue weighted by Crippen LogP contribution is 2.29. The number of rotatable bonds is 4. The monoisotopic (exact) mass is 298 g/mol. The zero-order chi connectivity index (χ0) is 14.9. The molecule has 1 aromatic rings. The first-order valence-electron chi connectivity index (χ1n) is 6.39. The van der Waals surface area contributed by atoms with Crippen LogP contribution in [0.5, 0.6) is 0 Å². The molecular formula is C13H18N2O4S. The SMILES string of the molecule is CC(C)NS(=O)(=O)N1Cc2ccccc2C(C(=O)O)C1. The van der Waals surface area contributed by atoms with E-state index in [1.165, 1.54) is 4.31 Å². The molecule has 0 amide bonds. The van der Waals surface area contributed by atoms with Gasteiger partial charge in [0.2, 0.25) is 0 Å². The van der Waals surface area contributed by atoms with E-state index in [-0.39, 0.29) is 19.1 Å². The smallest absolute Gasteiger partial charge is 0.312 e. The summed E-state index contributed by atoms with van der Waals surface area (Å²) in [5.74, 6) is -1.84. The van der Waals surface area contributed by atoms with Crippen molar-refractivity contribution in [1.82, 2.24) is 9.03 Å². The number of hydrogen-bond acceptors (Lipinski definition) is 3. The molecule has 7 heteroatoms. The number of carboxylic acid groups (broad SMARTS) is 1. The van der Waals surface area contributed by atoms with E-state index >= 15 is 0 Å². The van der Waals surface area contributed by atoms with E-state index in [0.29, 0.717) is 5.56 Å². The van der Waals surface area contributed by atoms with Crippen LogP contribution < -0.4 is 4.72 Å². The minimum Gasteiger partial charge on any atom is -0.481 e. The third kappa shape index (κ3) is 3.00. The molecule has 0 aliphatic carbocycles. The standard InChI is InChI=1S/C13H18N2O4S/c1-9(2)14-20(18,19)15-7-10-5-3-4-6-11(10)12(8-15)13(16)17/h3-6,9,12,14H,7-8H2,1-2H3,(H,16,17). The molecule has 0 radical (unpaired) electrons. The van der Waals surface area contributed by atoms with Crippen LogP contribution in [0.4, 0.5) is 0 Å². The molecule has 1 aromatic carbocycles. The lowest BCUT2D eigenvalue weighted by molar-refractivity contribution is -0.139. The van der Waals surface area contributed by atoms with Crippen molar-refractivity contribution < 1.29 is 18.3 Å². The van der Waals surface area contributed by atoms with Crippen LogP contribution in [0.15, 0.2) is 24.3 Å². The van der Waals surface area contributed by atoms with Crippen molar-refractivity contribution in [3.8, 4) is 0 Å². The Kier molecular flexibility index (Phi) is 4.12. The fourth-order valence-corrected chi connectivity index (χ4v) is 3.74. The molecule has 110 valence electrons. The summed E-state index contributed by atoms with van der Waals surface area (Å²) in [7, 11) is -3.67. The summed E-state index contributed by atoms with van der Waals surface area (Å²) in [4.78, 5) is 11.4. The Balaban J connectivity index is 2.36. The molecular weight excluding hydrogens is 280 g/mol. The van der Waals surface area contributed by atoms with Crippen molar-refractivity contribution in [3.05, 3.63) is 35.4 Å². The van der Waals surface area contributed by atoms with E-state index in [1.54, 1.807) is 38.1 Å². The van der Waals surface area contributed by atoms with Crippen LogP contribution in [0.25, 0.3) is 0 Å². The molecule has 2 N–H and O–H groups in total. The molecule has 1 aliphatic heterocycles. The number of fused-ring (bicyclic) bond motifs is 1. The van der Waals surface area contributed by atoms with Crippen LogP contribution in [0.3, 0.4) is 0 Å². The van der Waals surface area contributed by atoms with E-state index in [4.69, 9.17) is 0 Å². The van der Waals surface area contributed by atoms with Gasteiger partial charge in [-0.2, -0.15) is 17.4 Å². The number of benzene rings is 1. The third-order valence-electron chi connectivity index (χ3n) is 3.19. The van der Waals surface area contributed by atoms with Gasteiger partial charge in [-0.05, 0) is 25.0 Å². The average molecular weight is 298 g/mol. The van der Waals surface area contributed by atoms with Gasteiger partial charge in [0.25, 0.3) is 10.2 Å². The Bertz CT molecular complexity index is 613. The zero-order valence-corrected chi connectivity index (χ0v) is 12.2. The minimum atomic E-state index is -3.67. The van der Waals surface area contributed by atoms with E-state index < -0.39 is 22.1 Å². The molecule has 1 unspecified atom stereocenters. The van der Waals surface area contributed by atoms with E-state index in [2.05, 4.69) is 4.72 Å². The first-order valence-corrected chi connectivity index (χ1v) is 7.83. The van der Waals surface area contributed by atoms with Crippen molar-refractivity contribution in [2.24, 2.45) is 0 Å². The zero-order valence-electron chi connectivity index (χ0n) is 11.4. The minimum absolute atomic E-state index is 0.0472. The summed E-state index contributed by atoms with van der Waals surface area (Å²) in [6.07, 6.45) is 0. The highest BCUT2D eigenvalue weighted by Gasteiger charge is 2.35. The lowest BCUT2D eigenvalue weighted by atomic mass is 9.91. The van der Waals surface area contributed by atoms with E-state index in [9.17, 15) is 18.3 Å². The van der Waals surface area contributed by atoms with Crippen LogP contribution in [0, 0.1) is 0 Å². The molecule has 0 spiro atoms. The first kappa shape index (κ1) is 15.0. The number of carbonyl (C=O) groups is 1. The van der Waals surface area contributed by atoms with Gasteiger partial charge < -0.3 is 5.11 Å². The molecule has 6 nitrogen and oxygen atoms in total. The maximum atomic E-state index is 12.2. The Morgan fingerprint density at radius 1 is 1.40 bits per heavy atom. The van der Waals surface area contributed by atoms with Gasteiger partial charge in [0.1, 0.15) is 0 Å². The Labute approximate surface area is 118 Å². The normalized spacial score (nSPS) is 19.9. The van der Waals surface area contributed by atoms with Gasteiger partial charge in [0.15, 0.2) is 0 Å². The Hall–Kier alpha value is -1.44. The predicted octanol–water partition coefficient (Wildman–Crippen LogP) is 0.913. The second-order valence-electron chi connectivity index (χ2n) is 5.16. The Morgan fingerprint density at radius 2 is 2.05 bits per heavy atom. The number of nitrogens with one attached hydrogen (secondary N) is 1. The lowest BCUT2D eigenvalue weighted by Crippen LogP contribution is -2.47. The summed E-state index contributed by atoms with van der Waals surface area (Å²) >= 11 is 0. The molecule has 0 saturated heterocycles. The maximum Gasteiger partial charge on any atom is 0.312 e. The van der Waals surface area contributed by atoms with E-state index in [0.717, 1.165) is 5.56 Å². The number of nitrogens with zero attached hydrogens (tertiary/aromatic N) is 1. The van der Waals surface area contributed by atoms with Crippen LogP contribution >= 0.6 is 0 Å². The summed E-state index contributed by atoms with van der Waals surface area (Å²) in [5, 5.41) is 9.31. The summed E-state index contributed by atoms with van der Waals surface area (Å²) in [6.45, 7) is 3.60. The molecule has 20 heavy (non-hydrogen) atoms. The fraction of sp³-hybridized carbons (Fsp3) is 0.462. The summed E-state index contributed by atoms with van der Waals surface area (Å²) < 4.78 is 28.1. The van der Waals surface area contributed by atoms with Crippen molar-refractivity contribution in [1.29, 1.82) is 0 Å². The largest absolute Gasteiger partial charge is 0.481 e. The molecule has 0 aromatic heterocycles. The van der Waals surface area contributed by atoms with Crippen LogP contribution in [-0.4, -0.2) is 36.4 Å². The average Bonchev–Trinajstić information content (AvgIpc) is 2.35.